The summed E-state index contributed by atoms with van der Waals surface area (Å²) in [5.41, 5.74) is -2.49. The van der Waals surface area contributed by atoms with Gasteiger partial charge in [-0.25, -0.2) is 22.0 Å². The van der Waals surface area contributed by atoms with Gasteiger partial charge in [0.25, 0.3) is 0 Å². The van der Waals surface area contributed by atoms with Crippen LogP contribution >= 0.6 is 0 Å². The van der Waals surface area contributed by atoms with E-state index in [4.69, 9.17) is 0 Å². The van der Waals surface area contributed by atoms with Gasteiger partial charge in [-0.15, -0.1) is 0 Å². The van der Waals surface area contributed by atoms with E-state index in [2.05, 4.69) is 0 Å². The van der Waals surface area contributed by atoms with Gasteiger partial charge in [-0.1, -0.05) is 18.2 Å². The molecule has 112 valence electrons. The second-order valence-electron chi connectivity index (χ2n) is 4.01. The van der Waals surface area contributed by atoms with E-state index < -0.39 is 40.7 Å². The van der Waals surface area contributed by atoms with E-state index in [1.54, 1.807) is 0 Å². The van der Waals surface area contributed by atoms with E-state index in [0.717, 1.165) is 12.1 Å². The van der Waals surface area contributed by atoms with E-state index >= 15 is 0 Å². The summed E-state index contributed by atoms with van der Waals surface area (Å²) in [6.45, 7) is 0. The summed E-state index contributed by atoms with van der Waals surface area (Å²) < 4.78 is 93.1. The third kappa shape index (κ3) is 2.65. The Hall–Kier alpha value is -2.25. The predicted octanol–water partition coefficient (Wildman–Crippen LogP) is 4.54. The number of benzene rings is 2. The summed E-state index contributed by atoms with van der Waals surface area (Å²) >= 11 is 0. The van der Waals surface area contributed by atoms with E-state index in [9.17, 15) is 30.7 Å². The molecule has 0 amide bonds. The van der Waals surface area contributed by atoms with Crippen LogP contribution in [0.5, 0.6) is 0 Å². The molecule has 0 saturated carbocycles. The summed E-state index contributed by atoms with van der Waals surface area (Å²) in [7, 11) is 0. The highest BCUT2D eigenvalue weighted by Gasteiger charge is 2.42. The normalized spacial score (nSPS) is 11.6. The van der Waals surface area contributed by atoms with Crippen molar-refractivity contribution in [2.75, 3.05) is 5.32 Å². The highest BCUT2D eigenvalue weighted by molar-refractivity contribution is 5.46. The standard InChI is InChI=1S/C13H6F7N/c14-8-7(9(15)11(17)12(18)10(8)16)13(19,20)21-6-4-2-1-3-5-6/h1-5,21H. The quantitative estimate of drug-likeness (QED) is 0.380. The SMILES string of the molecule is Fc1c(F)c(F)c(C(F)(F)Nc2ccccc2)c(F)c1F. The van der Waals surface area contributed by atoms with Crippen molar-refractivity contribution < 1.29 is 30.7 Å². The molecular weight excluding hydrogens is 303 g/mol. The Kier molecular flexibility index (Phi) is 3.80. The molecule has 0 saturated heterocycles. The van der Waals surface area contributed by atoms with Gasteiger partial charge in [-0.05, 0) is 12.1 Å². The number of halogens is 7. The van der Waals surface area contributed by atoms with Crippen LogP contribution in [0.4, 0.5) is 36.4 Å². The maximum absolute atomic E-state index is 13.8. The minimum Gasteiger partial charge on any atom is -0.323 e. The molecule has 2 rings (SSSR count). The van der Waals surface area contributed by atoms with E-state index in [1.807, 2.05) is 0 Å². The molecular formula is C13H6F7N. The number of para-hydroxylation sites is 1. The minimum absolute atomic E-state index is 0.258. The van der Waals surface area contributed by atoms with Crippen molar-refractivity contribution in [3.8, 4) is 0 Å². The molecule has 1 nitrogen and oxygen atoms in total. The Morgan fingerprint density at radius 3 is 1.57 bits per heavy atom. The van der Waals surface area contributed by atoms with E-state index in [1.165, 1.54) is 23.5 Å². The van der Waals surface area contributed by atoms with Crippen LogP contribution in [0.3, 0.4) is 0 Å². The number of alkyl halides is 2. The molecule has 0 radical (unpaired) electrons. The molecule has 0 atom stereocenters. The molecule has 2 aromatic carbocycles. The molecule has 0 aliphatic carbocycles. The lowest BCUT2D eigenvalue weighted by Gasteiger charge is -2.21. The Balaban J connectivity index is 2.55. The first kappa shape index (κ1) is 15.1. The fraction of sp³-hybridized carbons (Fsp3) is 0.0769. The summed E-state index contributed by atoms with van der Waals surface area (Å²) in [6, 6.07) is 1.96. The number of rotatable bonds is 3. The van der Waals surface area contributed by atoms with Crippen LogP contribution in [0.15, 0.2) is 30.3 Å². The molecule has 0 aromatic heterocycles. The van der Waals surface area contributed by atoms with Gasteiger partial charge >= 0.3 is 6.05 Å². The average Bonchev–Trinajstić information content (AvgIpc) is 2.43. The third-order valence-electron chi connectivity index (χ3n) is 2.60. The second-order valence-corrected chi connectivity index (χ2v) is 4.01. The zero-order chi connectivity index (χ0) is 15.8. The maximum atomic E-state index is 13.8. The Morgan fingerprint density at radius 2 is 1.10 bits per heavy atom. The zero-order valence-electron chi connectivity index (χ0n) is 10.0. The third-order valence-corrected chi connectivity index (χ3v) is 2.60. The lowest BCUT2D eigenvalue weighted by molar-refractivity contribution is 0.0185. The van der Waals surface area contributed by atoms with E-state index in [-0.39, 0.29) is 5.69 Å². The molecule has 21 heavy (non-hydrogen) atoms. The molecule has 1 N–H and O–H groups in total. The van der Waals surface area contributed by atoms with Crippen LogP contribution < -0.4 is 5.32 Å². The first-order valence-electron chi connectivity index (χ1n) is 5.48. The Labute approximate surface area is 114 Å². The van der Waals surface area contributed by atoms with Gasteiger partial charge in [0.15, 0.2) is 23.3 Å². The van der Waals surface area contributed by atoms with Crippen LogP contribution in [0, 0.1) is 29.1 Å². The van der Waals surface area contributed by atoms with Crippen molar-refractivity contribution in [1.29, 1.82) is 0 Å². The first-order chi connectivity index (χ1) is 9.75. The van der Waals surface area contributed by atoms with E-state index in [0.29, 0.717) is 0 Å². The lowest BCUT2D eigenvalue weighted by Crippen LogP contribution is -2.29. The fourth-order valence-electron chi connectivity index (χ4n) is 1.65. The highest BCUT2D eigenvalue weighted by atomic mass is 19.3. The lowest BCUT2D eigenvalue weighted by atomic mass is 10.1. The zero-order valence-corrected chi connectivity index (χ0v) is 10.0. The van der Waals surface area contributed by atoms with Crippen molar-refractivity contribution in [3.05, 3.63) is 65.0 Å². The molecule has 0 aliphatic rings. The number of hydrogen-bond acceptors (Lipinski definition) is 1. The van der Waals surface area contributed by atoms with Crippen LogP contribution in [-0.4, -0.2) is 0 Å². The van der Waals surface area contributed by atoms with Gasteiger partial charge in [-0.2, -0.15) is 8.78 Å². The van der Waals surface area contributed by atoms with Crippen LogP contribution in [0.25, 0.3) is 0 Å². The van der Waals surface area contributed by atoms with Gasteiger partial charge in [0.1, 0.15) is 5.56 Å². The second kappa shape index (κ2) is 5.27. The monoisotopic (exact) mass is 309 g/mol. The van der Waals surface area contributed by atoms with Crippen molar-refractivity contribution in [2.45, 2.75) is 6.05 Å². The van der Waals surface area contributed by atoms with Gasteiger partial charge < -0.3 is 5.32 Å². The molecule has 0 unspecified atom stereocenters. The topological polar surface area (TPSA) is 12.0 Å². The Morgan fingerprint density at radius 1 is 0.667 bits per heavy atom. The summed E-state index contributed by atoms with van der Waals surface area (Å²) in [4.78, 5) is 0. The number of hydrogen-bond donors (Lipinski definition) is 1. The smallest absolute Gasteiger partial charge is 0.323 e. The predicted molar refractivity (Wildman–Crippen MR) is 60.2 cm³/mol. The highest BCUT2D eigenvalue weighted by Crippen LogP contribution is 2.36. The van der Waals surface area contributed by atoms with Gasteiger partial charge in [-0.3, -0.25) is 0 Å². The molecule has 0 spiro atoms. The van der Waals surface area contributed by atoms with Crippen LogP contribution in [0.2, 0.25) is 0 Å². The van der Waals surface area contributed by atoms with Crippen LogP contribution in [-0.2, 0) is 6.05 Å². The molecule has 0 heterocycles. The fourth-order valence-corrected chi connectivity index (χ4v) is 1.65. The molecule has 2 aromatic rings. The molecule has 8 heteroatoms. The summed E-state index contributed by atoms with van der Waals surface area (Å²) in [5.74, 6) is -12.5. The van der Waals surface area contributed by atoms with Crippen molar-refractivity contribution in [2.24, 2.45) is 0 Å². The molecule has 0 aliphatic heterocycles. The van der Waals surface area contributed by atoms with Gasteiger partial charge in [0, 0.05) is 5.69 Å². The summed E-state index contributed by atoms with van der Waals surface area (Å²) in [5, 5.41) is 1.42. The molecule has 0 fully saturated rings. The summed E-state index contributed by atoms with van der Waals surface area (Å²) in [6.07, 6.45) is 0. The average molecular weight is 309 g/mol. The number of anilines is 1. The molecule has 0 bridgehead atoms. The first-order valence-corrected chi connectivity index (χ1v) is 5.48. The van der Waals surface area contributed by atoms with Gasteiger partial charge in [0.05, 0.1) is 0 Å². The number of nitrogens with one attached hydrogen (secondary N) is 1. The van der Waals surface area contributed by atoms with Crippen LogP contribution in [0.1, 0.15) is 5.56 Å². The maximum Gasteiger partial charge on any atom is 0.356 e. The van der Waals surface area contributed by atoms with Crippen molar-refractivity contribution >= 4 is 5.69 Å². The Bertz CT molecular complexity index is 641. The van der Waals surface area contributed by atoms with Gasteiger partial charge in [0.2, 0.25) is 5.82 Å². The largest absolute Gasteiger partial charge is 0.356 e. The van der Waals surface area contributed by atoms with Crippen molar-refractivity contribution in [1.82, 2.24) is 0 Å². The minimum atomic E-state index is -4.50. The van der Waals surface area contributed by atoms with Crippen molar-refractivity contribution in [3.63, 3.8) is 0 Å².